The molecule has 0 unspecified atom stereocenters. The number of nitrogens with zero attached hydrogens (tertiary/aromatic N) is 1. The summed E-state index contributed by atoms with van der Waals surface area (Å²) in [5.41, 5.74) is 2.45. The Morgan fingerprint density at radius 2 is 1.90 bits per heavy atom. The van der Waals surface area contributed by atoms with Crippen molar-refractivity contribution in [3.8, 4) is 0 Å². The minimum absolute atomic E-state index is 0.628. The van der Waals surface area contributed by atoms with Gasteiger partial charge in [0.2, 0.25) is 0 Å². The minimum atomic E-state index is 0.628. The quantitative estimate of drug-likeness (QED) is 0.805. The molecule has 2 aromatic rings. The molecule has 0 atom stereocenters. The third-order valence-corrected chi connectivity index (χ3v) is 4.35. The van der Waals surface area contributed by atoms with Crippen LogP contribution >= 0.6 is 23.8 Å². The van der Waals surface area contributed by atoms with Crippen molar-refractivity contribution >= 4 is 23.8 Å². The first-order valence-electron chi connectivity index (χ1n) is 7.05. The predicted octanol–water partition coefficient (Wildman–Crippen LogP) is 5.04. The molecular weight excluding hydrogens is 288 g/mol. The lowest BCUT2D eigenvalue weighted by Gasteiger charge is -2.11. The predicted molar refractivity (Wildman–Crippen MR) is 84.9 cm³/mol. The Hall–Kier alpha value is -1.19. The molecule has 1 aromatic carbocycles. The van der Waals surface area contributed by atoms with Crippen LogP contribution < -0.4 is 0 Å². The number of nitrogens with one attached hydrogen (secondary N) is 1. The van der Waals surface area contributed by atoms with Crippen LogP contribution in [0.15, 0.2) is 30.3 Å². The van der Waals surface area contributed by atoms with Crippen LogP contribution in [0, 0.1) is 4.64 Å². The molecule has 1 fully saturated rings. The van der Waals surface area contributed by atoms with Crippen molar-refractivity contribution in [2.75, 3.05) is 0 Å². The molecular formula is C16H17ClN2S. The summed E-state index contributed by atoms with van der Waals surface area (Å²) in [5, 5.41) is 0.759. The van der Waals surface area contributed by atoms with E-state index < -0.39 is 0 Å². The van der Waals surface area contributed by atoms with Gasteiger partial charge in [-0.15, -0.1) is 0 Å². The van der Waals surface area contributed by atoms with Crippen LogP contribution in [0.1, 0.15) is 48.7 Å². The molecule has 1 heterocycles. The lowest BCUT2D eigenvalue weighted by Crippen LogP contribution is -2.04. The minimum Gasteiger partial charge on any atom is -0.347 e. The highest BCUT2D eigenvalue weighted by Gasteiger charge is 2.18. The van der Waals surface area contributed by atoms with Gasteiger partial charge in [0.15, 0.2) is 0 Å². The summed E-state index contributed by atoms with van der Waals surface area (Å²) >= 11 is 11.2. The summed E-state index contributed by atoms with van der Waals surface area (Å²) in [6.45, 7) is 0. The highest BCUT2D eigenvalue weighted by atomic mass is 35.5. The van der Waals surface area contributed by atoms with Gasteiger partial charge in [-0.1, -0.05) is 48.8 Å². The topological polar surface area (TPSA) is 28.7 Å². The second-order valence-electron chi connectivity index (χ2n) is 5.41. The standard InChI is InChI=1S/C16H17ClN2S/c17-13-7-5-11(6-8-13)9-15-18-14(10-16(20)19-15)12-3-1-2-4-12/h5-8,10,12H,1-4,9H2,(H,18,19,20). The van der Waals surface area contributed by atoms with E-state index in [0.29, 0.717) is 10.6 Å². The first-order chi connectivity index (χ1) is 9.70. The van der Waals surface area contributed by atoms with Gasteiger partial charge in [-0.3, -0.25) is 0 Å². The molecule has 0 saturated heterocycles. The first-order valence-corrected chi connectivity index (χ1v) is 7.84. The highest BCUT2D eigenvalue weighted by molar-refractivity contribution is 7.71. The molecule has 2 nitrogen and oxygen atoms in total. The zero-order valence-corrected chi connectivity index (χ0v) is 12.8. The third-order valence-electron chi connectivity index (χ3n) is 3.89. The molecule has 0 aliphatic heterocycles. The average molecular weight is 305 g/mol. The van der Waals surface area contributed by atoms with Crippen LogP contribution in [0.3, 0.4) is 0 Å². The molecule has 0 spiro atoms. The normalized spacial score (nSPS) is 15.7. The number of benzene rings is 1. The van der Waals surface area contributed by atoms with Gasteiger partial charge in [0.25, 0.3) is 0 Å². The van der Waals surface area contributed by atoms with Gasteiger partial charge in [-0.25, -0.2) is 4.98 Å². The molecule has 3 rings (SSSR count). The van der Waals surface area contributed by atoms with E-state index in [2.05, 4.69) is 9.97 Å². The SMILES string of the molecule is S=c1cc(C2CCCC2)[nH]c(Cc2ccc(Cl)cc2)n1. The van der Waals surface area contributed by atoms with Crippen molar-refractivity contribution in [1.82, 2.24) is 9.97 Å². The number of halogens is 1. The molecule has 0 bridgehead atoms. The largest absolute Gasteiger partial charge is 0.347 e. The van der Waals surface area contributed by atoms with Crippen molar-refractivity contribution < 1.29 is 0 Å². The van der Waals surface area contributed by atoms with Gasteiger partial charge in [-0.05, 0) is 42.5 Å². The molecule has 4 heteroatoms. The molecule has 20 heavy (non-hydrogen) atoms. The molecule has 1 saturated carbocycles. The third kappa shape index (κ3) is 3.28. The second-order valence-corrected chi connectivity index (χ2v) is 6.26. The van der Waals surface area contributed by atoms with E-state index in [-0.39, 0.29) is 0 Å². The van der Waals surface area contributed by atoms with E-state index in [1.807, 2.05) is 30.3 Å². The van der Waals surface area contributed by atoms with E-state index in [4.69, 9.17) is 23.8 Å². The fraction of sp³-hybridized carbons (Fsp3) is 0.375. The van der Waals surface area contributed by atoms with E-state index >= 15 is 0 Å². The van der Waals surface area contributed by atoms with E-state index in [1.54, 1.807) is 0 Å². The molecule has 0 radical (unpaired) electrons. The monoisotopic (exact) mass is 304 g/mol. The number of hydrogen-bond acceptors (Lipinski definition) is 2. The highest BCUT2D eigenvalue weighted by Crippen LogP contribution is 2.33. The molecule has 0 amide bonds. The Morgan fingerprint density at radius 1 is 1.20 bits per heavy atom. The van der Waals surface area contributed by atoms with E-state index in [0.717, 1.165) is 17.3 Å². The maximum absolute atomic E-state index is 5.91. The maximum atomic E-state index is 5.91. The van der Waals surface area contributed by atoms with Crippen molar-refractivity contribution in [3.05, 3.63) is 57.1 Å². The molecule has 104 valence electrons. The van der Waals surface area contributed by atoms with Gasteiger partial charge in [-0.2, -0.15) is 0 Å². The Bertz CT molecular complexity index is 642. The summed E-state index contributed by atoms with van der Waals surface area (Å²) in [7, 11) is 0. The molecule has 1 N–H and O–H groups in total. The first kappa shape index (κ1) is 13.8. The zero-order chi connectivity index (χ0) is 13.9. The number of aromatic amines is 1. The van der Waals surface area contributed by atoms with Gasteiger partial charge < -0.3 is 4.98 Å². The lowest BCUT2D eigenvalue weighted by atomic mass is 10.0. The fourth-order valence-electron chi connectivity index (χ4n) is 2.87. The van der Waals surface area contributed by atoms with Gasteiger partial charge in [0, 0.05) is 17.1 Å². The van der Waals surface area contributed by atoms with Crippen molar-refractivity contribution in [1.29, 1.82) is 0 Å². The lowest BCUT2D eigenvalue weighted by molar-refractivity contribution is 0.685. The maximum Gasteiger partial charge on any atom is 0.130 e. The Balaban J connectivity index is 1.85. The Kier molecular flexibility index (Phi) is 4.18. The molecule has 1 aliphatic rings. The van der Waals surface area contributed by atoms with Crippen LogP contribution in [0.5, 0.6) is 0 Å². The van der Waals surface area contributed by atoms with Gasteiger partial charge in [0.05, 0.1) is 0 Å². The summed E-state index contributed by atoms with van der Waals surface area (Å²) in [4.78, 5) is 7.93. The average Bonchev–Trinajstić information content (AvgIpc) is 2.95. The Labute approximate surface area is 129 Å². The van der Waals surface area contributed by atoms with Crippen LogP contribution in [-0.2, 0) is 6.42 Å². The van der Waals surface area contributed by atoms with Crippen molar-refractivity contribution in [3.63, 3.8) is 0 Å². The smallest absolute Gasteiger partial charge is 0.130 e. The van der Waals surface area contributed by atoms with Crippen LogP contribution in [0.25, 0.3) is 0 Å². The van der Waals surface area contributed by atoms with E-state index in [1.165, 1.54) is 36.9 Å². The number of aromatic nitrogens is 2. The summed E-state index contributed by atoms with van der Waals surface area (Å²) < 4.78 is 0.689. The van der Waals surface area contributed by atoms with Crippen molar-refractivity contribution in [2.24, 2.45) is 0 Å². The van der Waals surface area contributed by atoms with Gasteiger partial charge >= 0.3 is 0 Å². The van der Waals surface area contributed by atoms with Crippen LogP contribution in [-0.4, -0.2) is 9.97 Å². The second kappa shape index (κ2) is 6.06. The molecule has 1 aromatic heterocycles. The number of hydrogen-bond donors (Lipinski definition) is 1. The van der Waals surface area contributed by atoms with Crippen molar-refractivity contribution in [2.45, 2.75) is 38.0 Å². The zero-order valence-electron chi connectivity index (χ0n) is 11.2. The summed E-state index contributed by atoms with van der Waals surface area (Å²) in [6.07, 6.45) is 5.92. The summed E-state index contributed by atoms with van der Waals surface area (Å²) in [5.74, 6) is 1.57. The summed E-state index contributed by atoms with van der Waals surface area (Å²) in [6, 6.07) is 9.90. The van der Waals surface area contributed by atoms with E-state index in [9.17, 15) is 0 Å². The Morgan fingerprint density at radius 3 is 2.60 bits per heavy atom. The number of H-pyrrole nitrogens is 1. The number of rotatable bonds is 3. The molecule has 1 aliphatic carbocycles. The van der Waals surface area contributed by atoms with Crippen LogP contribution in [0.4, 0.5) is 0 Å². The van der Waals surface area contributed by atoms with Crippen LogP contribution in [0.2, 0.25) is 5.02 Å². The van der Waals surface area contributed by atoms with Gasteiger partial charge in [0.1, 0.15) is 10.5 Å². The fourth-order valence-corrected chi connectivity index (χ4v) is 3.23.